The molecule has 0 aliphatic carbocycles. The molecule has 0 radical (unpaired) electrons. The largest absolute Gasteiger partial charge is 0.448 e. The number of ether oxygens (including phenoxy) is 1. The molecule has 0 saturated carbocycles. The van der Waals surface area contributed by atoms with Crippen LogP contribution in [0.5, 0.6) is 0 Å². The maximum Gasteiger partial charge on any atom is 0.356 e. The van der Waals surface area contributed by atoms with Gasteiger partial charge in [0.25, 0.3) is 5.91 Å². The van der Waals surface area contributed by atoms with Crippen molar-refractivity contribution in [2.45, 2.75) is 23.9 Å². The highest BCUT2D eigenvalue weighted by molar-refractivity contribution is 9.09. The molecule has 1 saturated heterocycles. The number of carbonyl (C=O) groups is 3. The Morgan fingerprint density at radius 1 is 0.946 bits per heavy atom. The van der Waals surface area contributed by atoms with Crippen LogP contribution in [0.3, 0.4) is 0 Å². The van der Waals surface area contributed by atoms with Gasteiger partial charge in [-0.1, -0.05) is 107 Å². The highest BCUT2D eigenvalue weighted by Crippen LogP contribution is 2.42. The van der Waals surface area contributed by atoms with E-state index in [-0.39, 0.29) is 29.3 Å². The number of alkyl halides is 1. The monoisotopic (exact) mass is 576 g/mol. The second kappa shape index (κ2) is 11.4. The zero-order valence-electron chi connectivity index (χ0n) is 19.9. The van der Waals surface area contributed by atoms with Crippen LogP contribution in [0.4, 0.5) is 0 Å². The van der Waals surface area contributed by atoms with E-state index < -0.39 is 18.1 Å². The molecule has 37 heavy (non-hydrogen) atoms. The summed E-state index contributed by atoms with van der Waals surface area (Å²) in [5.74, 6) is -0.534. The van der Waals surface area contributed by atoms with E-state index in [9.17, 15) is 14.4 Å². The van der Waals surface area contributed by atoms with Gasteiger partial charge in [-0.25, -0.2) is 4.79 Å². The van der Waals surface area contributed by atoms with Crippen molar-refractivity contribution in [3.63, 3.8) is 0 Å². The number of thioether (sulfide) groups is 1. The minimum absolute atomic E-state index is 0.190. The molecule has 188 valence electrons. The van der Waals surface area contributed by atoms with Gasteiger partial charge in [0.2, 0.25) is 5.91 Å². The first-order valence-corrected chi connectivity index (χ1v) is 14.1. The summed E-state index contributed by atoms with van der Waals surface area (Å²) in [6.07, 6.45) is -0.431. The van der Waals surface area contributed by atoms with Crippen LogP contribution < -0.4 is 5.32 Å². The highest BCUT2D eigenvalue weighted by Gasteiger charge is 2.54. The molecule has 1 N–H and O–H groups in total. The Morgan fingerprint density at radius 2 is 1.51 bits per heavy atom. The minimum atomic E-state index is -0.681. The van der Waals surface area contributed by atoms with Gasteiger partial charge in [-0.3, -0.25) is 14.5 Å². The third-order valence-electron chi connectivity index (χ3n) is 6.36. The van der Waals surface area contributed by atoms with E-state index in [1.807, 2.05) is 91.0 Å². The highest BCUT2D eigenvalue weighted by atomic mass is 79.9. The summed E-state index contributed by atoms with van der Waals surface area (Å²) < 4.78 is 6.08. The summed E-state index contributed by atoms with van der Waals surface area (Å²) in [7, 11) is 0. The number of carbonyl (C=O) groups excluding carboxylic acids is 3. The van der Waals surface area contributed by atoms with E-state index in [4.69, 9.17) is 4.74 Å². The minimum Gasteiger partial charge on any atom is -0.448 e. The zero-order valence-corrected chi connectivity index (χ0v) is 22.3. The lowest BCUT2D eigenvalue weighted by Gasteiger charge is -2.49. The van der Waals surface area contributed by atoms with Crippen LogP contribution in [0.15, 0.2) is 102 Å². The third-order valence-corrected chi connectivity index (χ3v) is 8.37. The van der Waals surface area contributed by atoms with Gasteiger partial charge < -0.3 is 10.1 Å². The number of halogens is 1. The predicted molar refractivity (Wildman–Crippen MR) is 147 cm³/mol. The third kappa shape index (κ3) is 5.36. The van der Waals surface area contributed by atoms with Crippen LogP contribution >= 0.6 is 27.7 Å². The lowest BCUT2D eigenvalue weighted by atomic mass is 10.0. The molecule has 2 atom stereocenters. The average Bonchev–Trinajstić information content (AvgIpc) is 2.95. The summed E-state index contributed by atoms with van der Waals surface area (Å²) in [6, 6.07) is 27.8. The number of rotatable bonds is 8. The Hall–Kier alpha value is -3.36. The van der Waals surface area contributed by atoms with Gasteiger partial charge in [0.1, 0.15) is 17.1 Å². The van der Waals surface area contributed by atoms with Gasteiger partial charge in [0, 0.05) is 11.1 Å². The molecule has 1 unspecified atom stereocenters. The molecule has 2 heterocycles. The fraction of sp³-hybridized carbons (Fsp3) is 0.207. The number of amides is 2. The Kier molecular flexibility index (Phi) is 7.76. The lowest BCUT2D eigenvalue weighted by molar-refractivity contribution is -0.154. The van der Waals surface area contributed by atoms with Gasteiger partial charge >= 0.3 is 5.97 Å². The van der Waals surface area contributed by atoms with Crippen LogP contribution in [0.1, 0.15) is 22.8 Å². The van der Waals surface area contributed by atoms with Crippen LogP contribution in [0.25, 0.3) is 0 Å². The van der Waals surface area contributed by atoms with Crippen molar-refractivity contribution in [1.82, 2.24) is 10.2 Å². The van der Waals surface area contributed by atoms with Crippen molar-refractivity contribution in [3.8, 4) is 0 Å². The summed E-state index contributed by atoms with van der Waals surface area (Å²) >= 11 is 5.01. The number of esters is 1. The standard InChI is InChI=1S/C29H25BrN2O4S/c30-17-22-18-37-28-24(31-23(33)16-19-10-4-1-5-11-19)27(34)32(28)25(22)29(35)36-26(20-12-6-2-7-13-20)21-14-8-3-9-15-21/h1-15,24,26,28H,16-18H2,(H,31,33)/t24?,28-/m0/s1. The topological polar surface area (TPSA) is 75.7 Å². The van der Waals surface area contributed by atoms with E-state index in [0.29, 0.717) is 11.1 Å². The predicted octanol–water partition coefficient (Wildman–Crippen LogP) is 4.61. The smallest absolute Gasteiger partial charge is 0.356 e. The average molecular weight is 578 g/mol. The van der Waals surface area contributed by atoms with Crippen LogP contribution in [-0.4, -0.2) is 45.2 Å². The first-order chi connectivity index (χ1) is 18.1. The van der Waals surface area contributed by atoms with E-state index in [1.54, 1.807) is 0 Å². The Morgan fingerprint density at radius 3 is 2.08 bits per heavy atom. The Bertz CT molecular complexity index is 1280. The van der Waals surface area contributed by atoms with E-state index in [2.05, 4.69) is 21.2 Å². The van der Waals surface area contributed by atoms with E-state index in [1.165, 1.54) is 16.7 Å². The van der Waals surface area contributed by atoms with Crippen molar-refractivity contribution in [3.05, 3.63) is 119 Å². The molecular weight excluding hydrogens is 552 g/mol. The first kappa shape index (κ1) is 25.3. The van der Waals surface area contributed by atoms with Crippen LogP contribution in [-0.2, 0) is 25.5 Å². The Labute approximate surface area is 228 Å². The molecule has 0 bridgehead atoms. The van der Waals surface area contributed by atoms with Gasteiger partial charge in [0.05, 0.1) is 6.42 Å². The van der Waals surface area contributed by atoms with E-state index in [0.717, 1.165) is 22.3 Å². The fourth-order valence-corrected chi connectivity index (χ4v) is 6.60. The maximum atomic E-state index is 13.6. The molecule has 2 amide bonds. The molecule has 1 fully saturated rings. The van der Waals surface area contributed by atoms with Crippen LogP contribution in [0.2, 0.25) is 0 Å². The molecule has 3 aromatic carbocycles. The van der Waals surface area contributed by atoms with E-state index >= 15 is 0 Å². The van der Waals surface area contributed by atoms with Crippen molar-refractivity contribution >= 4 is 45.5 Å². The lowest BCUT2D eigenvalue weighted by Crippen LogP contribution is -2.70. The van der Waals surface area contributed by atoms with Gasteiger partial charge in [-0.05, 0) is 22.3 Å². The number of hydrogen-bond donors (Lipinski definition) is 1. The van der Waals surface area contributed by atoms with Gasteiger partial charge in [-0.2, -0.15) is 0 Å². The number of nitrogens with one attached hydrogen (secondary N) is 1. The number of benzene rings is 3. The first-order valence-electron chi connectivity index (χ1n) is 11.9. The molecule has 2 aliphatic heterocycles. The molecule has 0 aromatic heterocycles. The summed E-state index contributed by atoms with van der Waals surface area (Å²) in [4.78, 5) is 41.0. The number of fused-ring (bicyclic) bond motifs is 1. The van der Waals surface area contributed by atoms with Crippen molar-refractivity contribution < 1.29 is 19.1 Å². The van der Waals surface area contributed by atoms with Gasteiger partial charge in [0.15, 0.2) is 6.10 Å². The number of nitrogens with zero attached hydrogens (tertiary/aromatic N) is 1. The molecule has 0 spiro atoms. The van der Waals surface area contributed by atoms with Crippen molar-refractivity contribution in [2.75, 3.05) is 11.1 Å². The summed E-state index contributed by atoms with van der Waals surface area (Å²) in [6.45, 7) is 0. The van der Waals surface area contributed by atoms with Crippen molar-refractivity contribution in [2.24, 2.45) is 0 Å². The van der Waals surface area contributed by atoms with Gasteiger partial charge in [-0.15, -0.1) is 11.8 Å². The second-order valence-electron chi connectivity index (χ2n) is 8.81. The molecular formula is C29H25BrN2O4S. The molecule has 5 rings (SSSR count). The number of β-lactam (4-membered cyclic amide) rings is 1. The second-order valence-corrected chi connectivity index (χ2v) is 10.5. The van der Waals surface area contributed by atoms with Crippen LogP contribution in [0, 0.1) is 0 Å². The summed E-state index contributed by atoms with van der Waals surface area (Å²) in [5.41, 5.74) is 3.60. The molecule has 6 nitrogen and oxygen atoms in total. The summed E-state index contributed by atoms with van der Waals surface area (Å²) in [5, 5.41) is 2.94. The normalized spacial score (nSPS) is 18.8. The SMILES string of the molecule is O=C(Cc1ccccc1)NC1C(=O)N2C(C(=O)OC(c3ccccc3)c3ccccc3)=C(CBr)CS[C@@H]12. The molecule has 8 heteroatoms. The molecule has 2 aliphatic rings. The number of hydrogen-bond acceptors (Lipinski definition) is 5. The molecule has 3 aromatic rings. The maximum absolute atomic E-state index is 13.6. The zero-order chi connectivity index (χ0) is 25.8. The van der Waals surface area contributed by atoms with Crippen molar-refractivity contribution in [1.29, 1.82) is 0 Å². The quantitative estimate of drug-likeness (QED) is 0.241. The fourth-order valence-electron chi connectivity index (χ4n) is 4.53. The Balaban J connectivity index is 1.35.